The second-order valence-electron chi connectivity index (χ2n) is 4.89. The zero-order valence-electron chi connectivity index (χ0n) is 11.3. The van der Waals surface area contributed by atoms with E-state index in [9.17, 15) is 18.0 Å². The van der Waals surface area contributed by atoms with E-state index < -0.39 is 23.2 Å². The maximum absolute atomic E-state index is 13.1. The molecule has 20 heavy (non-hydrogen) atoms. The van der Waals surface area contributed by atoms with Crippen molar-refractivity contribution >= 4 is 11.7 Å². The molecule has 1 aromatic carbocycles. The van der Waals surface area contributed by atoms with Crippen molar-refractivity contribution in [2.24, 2.45) is 0 Å². The molecule has 110 valence electrons. The molecule has 0 radical (unpaired) electrons. The van der Waals surface area contributed by atoms with Gasteiger partial charge in [0.05, 0.1) is 18.4 Å². The molecule has 1 unspecified atom stereocenters. The number of nitrogens with one attached hydrogen (secondary N) is 1. The molecule has 0 aromatic heterocycles. The van der Waals surface area contributed by atoms with Crippen LogP contribution >= 0.6 is 0 Å². The molecule has 0 amide bonds. The minimum atomic E-state index is -4.45. The number of carbonyl (C=O) groups excluding carboxylic acids is 1. The molecular formula is C14H16F3NO2. The summed E-state index contributed by atoms with van der Waals surface area (Å²) >= 11 is 0. The zero-order valence-corrected chi connectivity index (χ0v) is 11.3. The quantitative estimate of drug-likeness (QED) is 0.847. The summed E-state index contributed by atoms with van der Waals surface area (Å²) in [5.41, 5.74) is -1.24. The highest BCUT2D eigenvalue weighted by atomic mass is 19.4. The van der Waals surface area contributed by atoms with Crippen LogP contribution in [0.2, 0.25) is 0 Å². The van der Waals surface area contributed by atoms with Crippen molar-refractivity contribution in [1.82, 2.24) is 0 Å². The van der Waals surface area contributed by atoms with Crippen LogP contribution in [-0.4, -0.2) is 18.6 Å². The van der Waals surface area contributed by atoms with Gasteiger partial charge in [-0.1, -0.05) is 19.1 Å². The van der Waals surface area contributed by atoms with Gasteiger partial charge in [0.25, 0.3) is 0 Å². The first-order chi connectivity index (χ1) is 9.34. The van der Waals surface area contributed by atoms with Crippen molar-refractivity contribution in [2.45, 2.75) is 37.9 Å². The number of fused-ring (bicyclic) bond motifs is 1. The average Bonchev–Trinajstić information content (AvgIpc) is 2.44. The predicted molar refractivity (Wildman–Crippen MR) is 68.4 cm³/mol. The van der Waals surface area contributed by atoms with Gasteiger partial charge in [-0.25, -0.2) is 4.79 Å². The number of hydrogen-bond donors (Lipinski definition) is 1. The number of carbonyl (C=O) groups is 1. The van der Waals surface area contributed by atoms with Crippen molar-refractivity contribution in [2.75, 3.05) is 12.4 Å². The van der Waals surface area contributed by atoms with Gasteiger partial charge in [-0.2, -0.15) is 13.2 Å². The highest BCUT2D eigenvalue weighted by molar-refractivity contribution is 5.86. The molecule has 3 nitrogen and oxygen atoms in total. The number of aryl methyl sites for hydroxylation is 1. The Morgan fingerprint density at radius 2 is 2.15 bits per heavy atom. The maximum atomic E-state index is 13.1. The normalized spacial score (nSPS) is 21.9. The first-order valence-corrected chi connectivity index (χ1v) is 6.40. The number of anilines is 1. The Morgan fingerprint density at radius 3 is 2.70 bits per heavy atom. The van der Waals surface area contributed by atoms with Gasteiger partial charge in [-0.15, -0.1) is 0 Å². The lowest BCUT2D eigenvalue weighted by atomic mass is 9.83. The molecule has 0 saturated heterocycles. The Labute approximate surface area is 115 Å². The molecule has 2 rings (SSSR count). The van der Waals surface area contributed by atoms with Crippen LogP contribution in [0.5, 0.6) is 0 Å². The third kappa shape index (κ3) is 2.34. The number of esters is 1. The zero-order chi connectivity index (χ0) is 15.0. The van der Waals surface area contributed by atoms with E-state index in [4.69, 9.17) is 4.74 Å². The summed E-state index contributed by atoms with van der Waals surface area (Å²) in [4.78, 5) is 11.9. The second kappa shape index (κ2) is 5.00. The summed E-state index contributed by atoms with van der Waals surface area (Å²) in [6.07, 6.45) is -3.25. The summed E-state index contributed by atoms with van der Waals surface area (Å²) in [7, 11) is 1.24. The number of para-hydroxylation sites is 1. The Balaban J connectivity index is 2.49. The lowest BCUT2D eigenvalue weighted by Gasteiger charge is -2.37. The van der Waals surface area contributed by atoms with E-state index in [0.29, 0.717) is 24.8 Å². The molecule has 1 heterocycles. The van der Waals surface area contributed by atoms with E-state index in [-0.39, 0.29) is 5.69 Å². The van der Waals surface area contributed by atoms with E-state index in [1.807, 2.05) is 0 Å². The van der Waals surface area contributed by atoms with Crippen LogP contribution in [0.4, 0.5) is 18.9 Å². The molecule has 1 aliphatic heterocycles. The monoisotopic (exact) mass is 287 g/mol. The first kappa shape index (κ1) is 14.7. The number of rotatable bonds is 2. The first-order valence-electron chi connectivity index (χ1n) is 6.40. The summed E-state index contributed by atoms with van der Waals surface area (Å²) in [5, 5.41) is 2.79. The fourth-order valence-electron chi connectivity index (χ4n) is 2.60. The highest BCUT2D eigenvalue weighted by Gasteiger charge is 2.44. The number of halogens is 3. The third-order valence-electron chi connectivity index (χ3n) is 3.82. The van der Waals surface area contributed by atoms with E-state index in [1.54, 1.807) is 13.0 Å². The van der Waals surface area contributed by atoms with Crippen LogP contribution in [0.1, 0.15) is 30.9 Å². The van der Waals surface area contributed by atoms with Crippen molar-refractivity contribution in [3.05, 3.63) is 29.3 Å². The number of benzene rings is 1. The smallest absolute Gasteiger partial charge is 0.418 e. The Morgan fingerprint density at radius 1 is 1.45 bits per heavy atom. The van der Waals surface area contributed by atoms with E-state index in [1.165, 1.54) is 13.2 Å². The molecule has 1 atom stereocenters. The molecule has 0 aliphatic carbocycles. The van der Waals surface area contributed by atoms with E-state index in [2.05, 4.69) is 5.32 Å². The van der Waals surface area contributed by atoms with Crippen LogP contribution in [0.25, 0.3) is 0 Å². The molecule has 0 saturated carbocycles. The molecule has 1 aliphatic rings. The summed E-state index contributed by atoms with van der Waals surface area (Å²) in [6.45, 7) is 1.76. The minimum Gasteiger partial charge on any atom is -0.467 e. The van der Waals surface area contributed by atoms with Crippen molar-refractivity contribution in [1.29, 1.82) is 0 Å². The van der Waals surface area contributed by atoms with E-state index in [0.717, 1.165) is 6.07 Å². The van der Waals surface area contributed by atoms with Gasteiger partial charge in [0.15, 0.2) is 0 Å². The van der Waals surface area contributed by atoms with Gasteiger partial charge in [-0.3, -0.25) is 0 Å². The molecule has 6 heteroatoms. The van der Waals surface area contributed by atoms with Crippen LogP contribution in [0, 0.1) is 0 Å². The average molecular weight is 287 g/mol. The number of methoxy groups -OCH3 is 1. The Hall–Kier alpha value is -1.72. The fourth-order valence-corrected chi connectivity index (χ4v) is 2.60. The lowest BCUT2D eigenvalue weighted by Crippen LogP contribution is -2.49. The highest BCUT2D eigenvalue weighted by Crippen LogP contribution is 2.42. The molecular weight excluding hydrogens is 271 g/mol. The largest absolute Gasteiger partial charge is 0.467 e. The Bertz CT molecular complexity index is 528. The number of ether oxygens (including phenoxy) is 1. The summed E-state index contributed by atoms with van der Waals surface area (Å²) in [5.74, 6) is -0.525. The number of hydrogen-bond acceptors (Lipinski definition) is 3. The summed E-state index contributed by atoms with van der Waals surface area (Å²) < 4.78 is 43.9. The second-order valence-corrected chi connectivity index (χ2v) is 4.89. The van der Waals surface area contributed by atoms with Crippen LogP contribution in [0.3, 0.4) is 0 Å². The lowest BCUT2D eigenvalue weighted by molar-refractivity contribution is -0.147. The standard InChI is InChI=1S/C14H16F3NO2/c1-3-13(12(19)20-2)8-7-9-5-4-6-10(11(9)18-13)14(15,16)17/h4-6,18H,3,7-8H2,1-2H3. The molecule has 0 spiro atoms. The van der Waals surface area contributed by atoms with Crippen molar-refractivity contribution in [3.8, 4) is 0 Å². The van der Waals surface area contributed by atoms with Crippen molar-refractivity contribution < 1.29 is 22.7 Å². The molecule has 1 aromatic rings. The van der Waals surface area contributed by atoms with Gasteiger partial charge >= 0.3 is 12.1 Å². The number of alkyl halides is 3. The summed E-state index contributed by atoms with van der Waals surface area (Å²) in [6, 6.07) is 4.06. The SMILES string of the molecule is CCC1(C(=O)OC)CCc2cccc(C(F)(F)F)c2N1. The van der Waals surface area contributed by atoms with Gasteiger partial charge in [0, 0.05) is 0 Å². The van der Waals surface area contributed by atoms with Gasteiger partial charge in [-0.05, 0) is 30.9 Å². The van der Waals surface area contributed by atoms with E-state index >= 15 is 0 Å². The van der Waals surface area contributed by atoms with Gasteiger partial charge in [0.2, 0.25) is 0 Å². The van der Waals surface area contributed by atoms with Gasteiger partial charge < -0.3 is 10.1 Å². The Kier molecular flexibility index (Phi) is 3.67. The molecule has 1 N–H and O–H groups in total. The topological polar surface area (TPSA) is 38.3 Å². The third-order valence-corrected chi connectivity index (χ3v) is 3.82. The van der Waals surface area contributed by atoms with Gasteiger partial charge in [0.1, 0.15) is 5.54 Å². The predicted octanol–water partition coefficient (Wildman–Crippen LogP) is 3.39. The van der Waals surface area contributed by atoms with Crippen LogP contribution in [-0.2, 0) is 22.1 Å². The van der Waals surface area contributed by atoms with Crippen LogP contribution in [0.15, 0.2) is 18.2 Å². The molecule has 0 bridgehead atoms. The fraction of sp³-hybridized carbons (Fsp3) is 0.500. The minimum absolute atomic E-state index is 0.00139. The van der Waals surface area contributed by atoms with Crippen molar-refractivity contribution in [3.63, 3.8) is 0 Å². The maximum Gasteiger partial charge on any atom is 0.418 e. The van der Waals surface area contributed by atoms with Crippen LogP contribution < -0.4 is 5.32 Å². The molecule has 0 fully saturated rings.